The van der Waals surface area contributed by atoms with E-state index in [1.54, 1.807) is 16.2 Å². The fourth-order valence-electron chi connectivity index (χ4n) is 4.72. The predicted molar refractivity (Wildman–Crippen MR) is 137 cm³/mol. The van der Waals surface area contributed by atoms with Gasteiger partial charge in [0.25, 0.3) is 5.88 Å². The van der Waals surface area contributed by atoms with Gasteiger partial charge in [0, 0.05) is 31.9 Å². The number of likely N-dealkylation sites (tertiary alicyclic amines) is 2. The third-order valence-corrected chi connectivity index (χ3v) is 7.40. The van der Waals surface area contributed by atoms with Crippen molar-refractivity contribution in [2.24, 2.45) is 0 Å². The number of aromatic nitrogens is 2. The highest BCUT2D eigenvalue weighted by Crippen LogP contribution is 2.31. The van der Waals surface area contributed by atoms with E-state index in [-0.39, 0.29) is 18.2 Å². The SMILES string of the molecule is CC(C)(C)OC(=O)N1CCC[C@H]1COc1cc(CN2CCC(Oc3ccnc4ccsc34)CC2)on1. The Bertz CT molecular complexity index is 1160. The fourth-order valence-corrected chi connectivity index (χ4v) is 5.52. The molecule has 2 fully saturated rings. The van der Waals surface area contributed by atoms with E-state index >= 15 is 0 Å². The molecule has 0 aliphatic carbocycles. The van der Waals surface area contributed by atoms with Gasteiger partial charge in [-0.05, 0) is 69.1 Å². The highest BCUT2D eigenvalue weighted by Gasteiger charge is 2.33. The number of piperidine rings is 1. The van der Waals surface area contributed by atoms with Gasteiger partial charge in [0.05, 0.1) is 22.8 Å². The van der Waals surface area contributed by atoms with Crippen molar-refractivity contribution in [1.29, 1.82) is 0 Å². The quantitative estimate of drug-likeness (QED) is 0.430. The van der Waals surface area contributed by atoms with E-state index in [0.29, 0.717) is 25.6 Å². The summed E-state index contributed by atoms with van der Waals surface area (Å²) < 4.78 is 24.4. The first-order chi connectivity index (χ1) is 17.3. The summed E-state index contributed by atoms with van der Waals surface area (Å²) in [6.45, 7) is 9.22. The molecule has 0 spiro atoms. The molecule has 0 saturated carbocycles. The summed E-state index contributed by atoms with van der Waals surface area (Å²) in [5.41, 5.74) is 0.478. The van der Waals surface area contributed by atoms with E-state index in [1.165, 1.54) is 0 Å². The molecule has 0 aromatic carbocycles. The zero-order valence-electron chi connectivity index (χ0n) is 21.1. The smallest absolute Gasteiger partial charge is 0.410 e. The molecule has 5 heterocycles. The number of carbonyl (C=O) groups excluding carboxylic acids is 1. The van der Waals surface area contributed by atoms with E-state index in [9.17, 15) is 4.79 Å². The van der Waals surface area contributed by atoms with E-state index in [4.69, 9.17) is 18.7 Å². The van der Waals surface area contributed by atoms with E-state index in [2.05, 4.69) is 15.0 Å². The lowest BCUT2D eigenvalue weighted by Crippen LogP contribution is -2.42. The summed E-state index contributed by atoms with van der Waals surface area (Å²) in [6.07, 6.45) is 5.45. The van der Waals surface area contributed by atoms with Crippen LogP contribution in [-0.2, 0) is 11.3 Å². The minimum Gasteiger partial charge on any atom is -0.489 e. The van der Waals surface area contributed by atoms with Gasteiger partial charge in [0.15, 0.2) is 5.76 Å². The Balaban J connectivity index is 1.07. The van der Waals surface area contributed by atoms with Gasteiger partial charge in [0.1, 0.15) is 24.1 Å². The van der Waals surface area contributed by atoms with Crippen LogP contribution in [0.1, 0.15) is 52.2 Å². The third-order valence-electron chi connectivity index (χ3n) is 6.48. The van der Waals surface area contributed by atoms with Crippen molar-refractivity contribution in [1.82, 2.24) is 19.9 Å². The first kappa shape index (κ1) is 24.8. The molecule has 194 valence electrons. The normalized spacial score (nSPS) is 19.6. The largest absolute Gasteiger partial charge is 0.489 e. The van der Waals surface area contributed by atoms with Gasteiger partial charge in [-0.15, -0.1) is 11.3 Å². The molecule has 9 nitrogen and oxygen atoms in total. The van der Waals surface area contributed by atoms with E-state index < -0.39 is 5.60 Å². The summed E-state index contributed by atoms with van der Waals surface area (Å²) in [5, 5.41) is 6.13. The number of carbonyl (C=O) groups is 1. The lowest BCUT2D eigenvalue weighted by molar-refractivity contribution is 0.0184. The van der Waals surface area contributed by atoms with Crippen molar-refractivity contribution in [2.75, 3.05) is 26.2 Å². The Labute approximate surface area is 215 Å². The summed E-state index contributed by atoms with van der Waals surface area (Å²) in [5.74, 6) is 2.16. The number of pyridine rings is 1. The number of thiophene rings is 1. The van der Waals surface area contributed by atoms with Crippen LogP contribution in [0, 0.1) is 0 Å². The van der Waals surface area contributed by atoms with Crippen LogP contribution >= 0.6 is 11.3 Å². The lowest BCUT2D eigenvalue weighted by Gasteiger charge is -2.31. The maximum Gasteiger partial charge on any atom is 0.410 e. The van der Waals surface area contributed by atoms with Crippen LogP contribution in [0.2, 0.25) is 0 Å². The number of hydrogen-bond donors (Lipinski definition) is 0. The molecule has 2 aliphatic rings. The number of ether oxygens (including phenoxy) is 3. The predicted octanol–water partition coefficient (Wildman–Crippen LogP) is 5.11. The molecule has 3 aromatic rings. The third kappa shape index (κ3) is 6.10. The summed E-state index contributed by atoms with van der Waals surface area (Å²) in [4.78, 5) is 21.0. The number of fused-ring (bicyclic) bond motifs is 1. The first-order valence-electron chi connectivity index (χ1n) is 12.6. The van der Waals surface area contributed by atoms with Crippen LogP contribution in [0.5, 0.6) is 11.6 Å². The maximum absolute atomic E-state index is 12.5. The molecule has 3 aromatic heterocycles. The highest BCUT2D eigenvalue weighted by molar-refractivity contribution is 7.17. The molecule has 0 radical (unpaired) electrons. The van der Waals surface area contributed by atoms with Crippen molar-refractivity contribution in [2.45, 2.75) is 70.7 Å². The first-order valence-corrected chi connectivity index (χ1v) is 13.5. The van der Waals surface area contributed by atoms with Crippen molar-refractivity contribution >= 4 is 27.6 Å². The van der Waals surface area contributed by atoms with E-state index in [0.717, 1.165) is 60.5 Å². The van der Waals surface area contributed by atoms with Crippen LogP contribution in [0.25, 0.3) is 10.2 Å². The summed E-state index contributed by atoms with van der Waals surface area (Å²) in [7, 11) is 0. The maximum atomic E-state index is 12.5. The molecular weight excluding hydrogens is 480 g/mol. The fraction of sp³-hybridized carbons (Fsp3) is 0.577. The lowest BCUT2D eigenvalue weighted by atomic mass is 10.1. The van der Waals surface area contributed by atoms with Gasteiger partial charge in [-0.1, -0.05) is 0 Å². The van der Waals surface area contributed by atoms with Crippen molar-refractivity contribution < 1.29 is 23.5 Å². The Morgan fingerprint density at radius 1 is 1.19 bits per heavy atom. The monoisotopic (exact) mass is 514 g/mol. The number of amides is 1. The van der Waals surface area contributed by atoms with Gasteiger partial charge < -0.3 is 23.6 Å². The average molecular weight is 515 g/mol. The number of nitrogens with zero attached hydrogens (tertiary/aromatic N) is 4. The Morgan fingerprint density at radius 3 is 2.83 bits per heavy atom. The second-order valence-electron chi connectivity index (χ2n) is 10.4. The summed E-state index contributed by atoms with van der Waals surface area (Å²) in [6, 6.07) is 5.81. The molecule has 0 unspecified atom stereocenters. The van der Waals surface area contributed by atoms with Crippen LogP contribution in [0.15, 0.2) is 34.3 Å². The van der Waals surface area contributed by atoms with Crippen LogP contribution in [-0.4, -0.2) is 70.0 Å². The standard InChI is InChI=1S/C26H34N4O5S/c1-26(2,3)34-25(31)30-11-4-5-18(30)17-32-23-15-20(35-28-23)16-29-12-7-19(8-13-29)33-22-6-10-27-21-9-14-36-24(21)22/h6,9-10,14-15,18-19H,4-5,7-8,11-13,16-17H2,1-3H3/t18-/m0/s1. The molecule has 1 atom stereocenters. The van der Waals surface area contributed by atoms with Crippen molar-refractivity contribution in [3.63, 3.8) is 0 Å². The molecule has 5 rings (SSSR count). The van der Waals surface area contributed by atoms with Crippen LogP contribution in [0.4, 0.5) is 4.79 Å². The van der Waals surface area contributed by atoms with Gasteiger partial charge in [-0.25, -0.2) is 4.79 Å². The molecule has 2 aliphatic heterocycles. The van der Waals surface area contributed by atoms with Gasteiger partial charge in [0.2, 0.25) is 0 Å². The van der Waals surface area contributed by atoms with Gasteiger partial charge >= 0.3 is 6.09 Å². The van der Waals surface area contributed by atoms with Crippen molar-refractivity contribution in [3.05, 3.63) is 35.5 Å². The zero-order chi connectivity index (χ0) is 25.1. The van der Waals surface area contributed by atoms with Crippen LogP contribution in [0.3, 0.4) is 0 Å². The Hall–Kier alpha value is -2.85. The second kappa shape index (κ2) is 10.6. The van der Waals surface area contributed by atoms with Gasteiger partial charge in [-0.2, -0.15) is 0 Å². The molecule has 36 heavy (non-hydrogen) atoms. The number of rotatable bonds is 7. The minimum atomic E-state index is -0.512. The minimum absolute atomic E-state index is 0.0187. The Kier molecular flexibility index (Phi) is 7.34. The molecule has 10 heteroatoms. The molecule has 1 amide bonds. The highest BCUT2D eigenvalue weighted by atomic mass is 32.1. The molecule has 2 saturated heterocycles. The Morgan fingerprint density at radius 2 is 2.03 bits per heavy atom. The zero-order valence-corrected chi connectivity index (χ0v) is 22.0. The summed E-state index contributed by atoms with van der Waals surface area (Å²) >= 11 is 1.67. The van der Waals surface area contributed by atoms with Gasteiger partial charge in [-0.3, -0.25) is 9.88 Å². The van der Waals surface area contributed by atoms with Crippen LogP contribution < -0.4 is 9.47 Å². The molecular formula is C26H34N4O5S. The van der Waals surface area contributed by atoms with E-state index in [1.807, 2.05) is 50.5 Å². The second-order valence-corrected chi connectivity index (χ2v) is 11.4. The average Bonchev–Trinajstić information content (AvgIpc) is 3.59. The molecule has 0 bridgehead atoms. The topological polar surface area (TPSA) is 90.2 Å². The molecule has 0 N–H and O–H groups in total. The number of hydrogen-bond acceptors (Lipinski definition) is 9. The van der Waals surface area contributed by atoms with Crippen molar-refractivity contribution in [3.8, 4) is 11.6 Å².